The summed E-state index contributed by atoms with van der Waals surface area (Å²) >= 11 is 4.22. The maximum absolute atomic E-state index is 12.9. The molecule has 1 amide bonds. The molecule has 0 aliphatic carbocycles. The Morgan fingerprint density at radius 2 is 1.79 bits per heavy atom. The highest BCUT2D eigenvalue weighted by molar-refractivity contribution is 7.80. The molecule has 5 nitrogen and oxygen atoms in total. The van der Waals surface area contributed by atoms with Crippen LogP contribution in [0.4, 0.5) is 0 Å². The van der Waals surface area contributed by atoms with Gasteiger partial charge in [-0.15, -0.1) is 0 Å². The predicted octanol–water partition coefficient (Wildman–Crippen LogP) is 2.93. The Balaban J connectivity index is 1.72. The fourth-order valence-corrected chi connectivity index (χ4v) is 3.88. The molecule has 28 heavy (non-hydrogen) atoms. The lowest BCUT2D eigenvalue weighted by Crippen LogP contribution is -2.50. The largest absolute Gasteiger partial charge is 0.331 e. The minimum absolute atomic E-state index is 0.0635. The number of hydrogen-bond acceptors (Lipinski definition) is 4. The molecule has 0 radical (unpaired) electrons. The van der Waals surface area contributed by atoms with Crippen LogP contribution in [-0.2, 0) is 17.8 Å². The van der Waals surface area contributed by atoms with E-state index in [9.17, 15) is 4.79 Å². The summed E-state index contributed by atoms with van der Waals surface area (Å²) in [6.45, 7) is 1.33. The number of carbonyl (C=O) groups is 1. The lowest BCUT2D eigenvalue weighted by atomic mass is 10.0. The third-order valence-electron chi connectivity index (χ3n) is 5.20. The summed E-state index contributed by atoms with van der Waals surface area (Å²) < 4.78 is 2.17. The van der Waals surface area contributed by atoms with Gasteiger partial charge in [-0.1, -0.05) is 60.7 Å². The second kappa shape index (κ2) is 8.20. The van der Waals surface area contributed by atoms with E-state index in [0.29, 0.717) is 25.3 Å². The van der Waals surface area contributed by atoms with Gasteiger partial charge >= 0.3 is 0 Å². The Morgan fingerprint density at radius 3 is 2.46 bits per heavy atom. The fraction of sp³-hybridized carbons (Fsp3) is 0.273. The Bertz CT molecular complexity index is 942. The van der Waals surface area contributed by atoms with Gasteiger partial charge in [0.15, 0.2) is 0 Å². The van der Waals surface area contributed by atoms with E-state index in [1.807, 2.05) is 41.3 Å². The van der Waals surface area contributed by atoms with E-state index in [1.165, 1.54) is 5.56 Å². The van der Waals surface area contributed by atoms with E-state index in [0.717, 1.165) is 17.1 Å². The normalized spacial score (nSPS) is 17.2. The van der Waals surface area contributed by atoms with Crippen molar-refractivity contribution in [2.45, 2.75) is 25.0 Å². The van der Waals surface area contributed by atoms with Crippen LogP contribution in [0.2, 0.25) is 0 Å². The average Bonchev–Trinajstić information content (AvgIpc) is 3.19. The van der Waals surface area contributed by atoms with E-state index < -0.39 is 6.04 Å². The maximum Gasteiger partial charge on any atom is 0.241 e. The van der Waals surface area contributed by atoms with Crippen molar-refractivity contribution in [2.24, 2.45) is 5.73 Å². The van der Waals surface area contributed by atoms with Crippen LogP contribution in [-0.4, -0.2) is 38.7 Å². The van der Waals surface area contributed by atoms with E-state index >= 15 is 0 Å². The molecular formula is C22H24N4OS. The summed E-state index contributed by atoms with van der Waals surface area (Å²) in [5.41, 5.74) is 9.20. The Kier molecular flexibility index (Phi) is 5.50. The minimum Gasteiger partial charge on any atom is -0.331 e. The van der Waals surface area contributed by atoms with Crippen molar-refractivity contribution in [1.82, 2.24) is 14.5 Å². The molecule has 2 N–H and O–H groups in total. The lowest BCUT2D eigenvalue weighted by molar-refractivity contribution is -0.135. The zero-order chi connectivity index (χ0) is 19.5. The third-order valence-corrected chi connectivity index (χ3v) is 5.60. The van der Waals surface area contributed by atoms with Crippen LogP contribution in [0.5, 0.6) is 0 Å². The number of benzene rings is 2. The number of aromatic nitrogens is 2. The number of carbonyl (C=O) groups excluding carboxylic acids is 1. The SMILES string of the molecule is N[C@@H](CS)C(=O)N1CCn2cc(-c3ccccc3)nc2[C@@H]1Cc1ccccc1. The number of thiol groups is 1. The molecule has 2 heterocycles. The Morgan fingerprint density at radius 1 is 1.11 bits per heavy atom. The smallest absolute Gasteiger partial charge is 0.241 e. The molecule has 0 unspecified atom stereocenters. The molecule has 0 spiro atoms. The molecule has 1 aliphatic heterocycles. The number of rotatable bonds is 5. The van der Waals surface area contributed by atoms with Crippen molar-refractivity contribution in [3.63, 3.8) is 0 Å². The zero-order valence-corrected chi connectivity index (χ0v) is 16.5. The zero-order valence-electron chi connectivity index (χ0n) is 15.6. The lowest BCUT2D eigenvalue weighted by Gasteiger charge is -2.37. The number of nitrogens with zero attached hydrogens (tertiary/aromatic N) is 3. The molecule has 3 aromatic rings. The molecule has 6 heteroatoms. The molecule has 1 aromatic heterocycles. The molecule has 0 fully saturated rings. The molecule has 144 valence electrons. The van der Waals surface area contributed by atoms with Gasteiger partial charge in [0.1, 0.15) is 5.82 Å². The standard InChI is InChI=1S/C22H24N4OS/c23-18(15-28)22(27)26-12-11-25-14-19(17-9-5-2-6-10-17)24-21(25)20(26)13-16-7-3-1-4-8-16/h1-10,14,18,20,28H,11-13,15,23H2/t18-,20-/m0/s1. The van der Waals surface area contributed by atoms with Crippen LogP contribution in [0.1, 0.15) is 17.4 Å². The van der Waals surface area contributed by atoms with E-state index in [1.54, 1.807) is 0 Å². The van der Waals surface area contributed by atoms with Gasteiger partial charge in [-0.05, 0) is 5.56 Å². The van der Waals surface area contributed by atoms with E-state index in [4.69, 9.17) is 10.7 Å². The van der Waals surface area contributed by atoms with Crippen molar-refractivity contribution in [3.8, 4) is 11.3 Å². The summed E-state index contributed by atoms with van der Waals surface area (Å²) in [4.78, 5) is 19.7. The molecular weight excluding hydrogens is 368 g/mol. The van der Waals surface area contributed by atoms with Crippen LogP contribution >= 0.6 is 12.6 Å². The molecule has 0 saturated heterocycles. The van der Waals surface area contributed by atoms with Gasteiger partial charge < -0.3 is 15.2 Å². The van der Waals surface area contributed by atoms with E-state index in [2.05, 4.69) is 47.7 Å². The second-order valence-corrected chi connectivity index (χ2v) is 7.44. The number of amides is 1. The maximum atomic E-state index is 12.9. The molecule has 0 saturated carbocycles. The first-order valence-electron chi connectivity index (χ1n) is 9.50. The number of imidazole rings is 1. The van der Waals surface area contributed by atoms with Crippen molar-refractivity contribution in [3.05, 3.63) is 78.2 Å². The molecule has 2 atom stereocenters. The Hall–Kier alpha value is -2.57. The van der Waals surface area contributed by atoms with Crippen LogP contribution in [0, 0.1) is 0 Å². The monoisotopic (exact) mass is 392 g/mol. The average molecular weight is 393 g/mol. The van der Waals surface area contributed by atoms with Crippen LogP contribution in [0.25, 0.3) is 11.3 Å². The highest BCUT2D eigenvalue weighted by Gasteiger charge is 2.34. The third kappa shape index (κ3) is 3.70. The van der Waals surface area contributed by atoms with Gasteiger partial charge in [-0.3, -0.25) is 4.79 Å². The number of hydrogen-bond donors (Lipinski definition) is 2. The highest BCUT2D eigenvalue weighted by Crippen LogP contribution is 2.31. The topological polar surface area (TPSA) is 64.2 Å². The van der Waals surface area contributed by atoms with Crippen LogP contribution in [0.3, 0.4) is 0 Å². The Labute approximate surface area is 170 Å². The van der Waals surface area contributed by atoms with Gasteiger partial charge in [0.2, 0.25) is 5.91 Å². The highest BCUT2D eigenvalue weighted by atomic mass is 32.1. The molecule has 4 rings (SSSR count). The molecule has 2 aromatic carbocycles. The summed E-state index contributed by atoms with van der Waals surface area (Å²) in [5.74, 6) is 1.18. The first-order valence-corrected chi connectivity index (χ1v) is 10.1. The summed E-state index contributed by atoms with van der Waals surface area (Å²) in [5, 5.41) is 0. The minimum atomic E-state index is -0.600. The first-order chi connectivity index (χ1) is 13.7. The van der Waals surface area contributed by atoms with Crippen LogP contribution in [0.15, 0.2) is 66.9 Å². The van der Waals surface area contributed by atoms with Crippen molar-refractivity contribution < 1.29 is 4.79 Å². The van der Waals surface area contributed by atoms with Gasteiger partial charge in [0.05, 0.1) is 17.8 Å². The summed E-state index contributed by atoms with van der Waals surface area (Å²) in [6, 6.07) is 19.6. The van der Waals surface area contributed by atoms with Gasteiger partial charge in [-0.25, -0.2) is 4.98 Å². The second-order valence-electron chi connectivity index (χ2n) is 7.07. The fourth-order valence-electron chi connectivity index (χ4n) is 3.73. The summed E-state index contributed by atoms with van der Waals surface area (Å²) in [6.07, 6.45) is 2.79. The van der Waals surface area contributed by atoms with Crippen molar-refractivity contribution in [1.29, 1.82) is 0 Å². The predicted molar refractivity (Wildman–Crippen MR) is 114 cm³/mol. The molecule has 0 bridgehead atoms. The van der Waals surface area contributed by atoms with E-state index in [-0.39, 0.29) is 11.9 Å². The van der Waals surface area contributed by atoms with Crippen LogP contribution < -0.4 is 5.73 Å². The van der Waals surface area contributed by atoms with Crippen molar-refractivity contribution in [2.75, 3.05) is 12.3 Å². The van der Waals surface area contributed by atoms with Gasteiger partial charge in [0, 0.05) is 37.0 Å². The summed E-state index contributed by atoms with van der Waals surface area (Å²) in [7, 11) is 0. The number of nitrogens with two attached hydrogens (primary N) is 1. The number of fused-ring (bicyclic) bond motifs is 1. The first kappa shape index (κ1) is 18.8. The van der Waals surface area contributed by atoms with Crippen molar-refractivity contribution >= 4 is 18.5 Å². The quantitative estimate of drug-likeness (QED) is 0.656. The van der Waals surface area contributed by atoms with Gasteiger partial charge in [0.25, 0.3) is 0 Å². The van der Waals surface area contributed by atoms with Gasteiger partial charge in [-0.2, -0.15) is 12.6 Å². The molecule has 1 aliphatic rings.